The number of hydrogen-bond acceptors (Lipinski definition) is 5. The van der Waals surface area contributed by atoms with E-state index in [-0.39, 0.29) is 30.1 Å². The first-order valence-corrected chi connectivity index (χ1v) is 11.0. The predicted octanol–water partition coefficient (Wildman–Crippen LogP) is 3.31. The zero-order valence-corrected chi connectivity index (χ0v) is 21.1. The summed E-state index contributed by atoms with van der Waals surface area (Å²) >= 11 is 1.85. The number of aliphatic imine (C=N–C) groups is 1. The van der Waals surface area contributed by atoms with Crippen molar-refractivity contribution in [1.82, 2.24) is 25.4 Å². The summed E-state index contributed by atoms with van der Waals surface area (Å²) in [6.07, 6.45) is 3.21. The van der Waals surface area contributed by atoms with Crippen LogP contribution in [0.3, 0.4) is 0 Å². The van der Waals surface area contributed by atoms with E-state index in [0.717, 1.165) is 47.6 Å². The third kappa shape index (κ3) is 8.81. The molecule has 2 N–H and O–H groups in total. The number of thioether (sulfide) groups is 1. The molecule has 2 aromatic rings. The van der Waals surface area contributed by atoms with Gasteiger partial charge in [0.15, 0.2) is 11.8 Å². The summed E-state index contributed by atoms with van der Waals surface area (Å²) in [6.45, 7) is 8.04. The molecule has 0 saturated heterocycles. The Morgan fingerprint density at radius 2 is 2.00 bits per heavy atom. The number of nitrogens with zero attached hydrogens (tertiary/aromatic N) is 4. The van der Waals surface area contributed by atoms with Crippen molar-refractivity contribution in [2.75, 3.05) is 25.1 Å². The summed E-state index contributed by atoms with van der Waals surface area (Å²) in [5.74, 6) is 4.52. The van der Waals surface area contributed by atoms with Crippen LogP contribution in [0, 0.1) is 13.8 Å². The summed E-state index contributed by atoms with van der Waals surface area (Å²) in [5, 5.41) is 15.0. The molecule has 9 heteroatoms. The van der Waals surface area contributed by atoms with Crippen molar-refractivity contribution in [3.8, 4) is 5.75 Å². The van der Waals surface area contributed by atoms with Gasteiger partial charge in [0.1, 0.15) is 24.2 Å². The van der Waals surface area contributed by atoms with Crippen molar-refractivity contribution < 1.29 is 4.74 Å². The van der Waals surface area contributed by atoms with Crippen molar-refractivity contribution in [2.24, 2.45) is 12.0 Å². The monoisotopic (exact) mass is 532 g/mol. The molecule has 29 heavy (non-hydrogen) atoms. The zero-order valence-electron chi connectivity index (χ0n) is 17.9. The lowest BCUT2D eigenvalue weighted by atomic mass is 10.2. The molecule has 1 atom stereocenters. The van der Waals surface area contributed by atoms with Crippen molar-refractivity contribution in [3.05, 3.63) is 41.5 Å². The fraction of sp³-hybridized carbons (Fsp3) is 0.550. The highest BCUT2D eigenvalue weighted by molar-refractivity contribution is 14.0. The van der Waals surface area contributed by atoms with Crippen molar-refractivity contribution in [3.63, 3.8) is 0 Å². The van der Waals surface area contributed by atoms with E-state index in [1.54, 1.807) is 0 Å². The minimum Gasteiger partial charge on any atom is -0.489 e. The molecule has 0 spiro atoms. The summed E-state index contributed by atoms with van der Waals surface area (Å²) in [4.78, 5) is 4.67. The van der Waals surface area contributed by atoms with Crippen LogP contribution in [0.1, 0.15) is 30.6 Å². The highest BCUT2D eigenvalue weighted by Crippen LogP contribution is 2.17. The summed E-state index contributed by atoms with van der Waals surface area (Å²) in [5.41, 5.74) is 1.14. The van der Waals surface area contributed by atoms with Gasteiger partial charge in [-0.2, -0.15) is 11.8 Å². The molecule has 1 aromatic carbocycles. The van der Waals surface area contributed by atoms with Crippen LogP contribution in [0.15, 0.2) is 29.3 Å². The number of para-hydroxylation sites is 1. The number of aromatic nitrogens is 3. The third-order valence-corrected chi connectivity index (χ3v) is 5.05. The van der Waals surface area contributed by atoms with Gasteiger partial charge in [0.2, 0.25) is 0 Å². The molecule has 0 bridgehead atoms. The Hall–Kier alpha value is -1.49. The number of ether oxygens (including phenoxy) is 1. The van der Waals surface area contributed by atoms with Gasteiger partial charge in [0, 0.05) is 13.6 Å². The Morgan fingerprint density at radius 1 is 1.24 bits per heavy atom. The molecule has 0 radical (unpaired) electrons. The van der Waals surface area contributed by atoms with E-state index < -0.39 is 0 Å². The normalized spacial score (nSPS) is 12.2. The van der Waals surface area contributed by atoms with Gasteiger partial charge in [0.25, 0.3) is 0 Å². The van der Waals surface area contributed by atoms with Gasteiger partial charge >= 0.3 is 0 Å². The van der Waals surface area contributed by atoms with Gasteiger partial charge < -0.3 is 19.9 Å². The van der Waals surface area contributed by atoms with Crippen LogP contribution in [0.4, 0.5) is 0 Å². The molecule has 0 aliphatic heterocycles. The van der Waals surface area contributed by atoms with Crippen molar-refractivity contribution in [2.45, 2.75) is 39.8 Å². The van der Waals surface area contributed by atoms with Crippen LogP contribution in [-0.2, 0) is 13.6 Å². The first-order chi connectivity index (χ1) is 13.5. The first kappa shape index (κ1) is 25.5. The molecule has 1 heterocycles. The summed E-state index contributed by atoms with van der Waals surface area (Å²) in [6, 6.07) is 8.06. The molecular formula is C20H33IN6OS. The minimum absolute atomic E-state index is 0. The quantitative estimate of drug-likeness (QED) is 0.212. The van der Waals surface area contributed by atoms with E-state index in [1.807, 2.05) is 48.5 Å². The van der Waals surface area contributed by atoms with E-state index in [9.17, 15) is 0 Å². The molecular weight excluding hydrogens is 499 g/mol. The molecule has 0 fully saturated rings. The maximum absolute atomic E-state index is 6.05. The molecule has 1 aromatic heterocycles. The van der Waals surface area contributed by atoms with Crippen LogP contribution in [-0.4, -0.2) is 51.9 Å². The number of aryl methyl sites for hydroxylation is 2. The van der Waals surface area contributed by atoms with Crippen LogP contribution in [0.2, 0.25) is 0 Å². The average Bonchev–Trinajstić information content (AvgIpc) is 3.00. The Bertz CT molecular complexity index is 767. The lowest BCUT2D eigenvalue weighted by molar-refractivity contribution is 0.222. The van der Waals surface area contributed by atoms with Gasteiger partial charge in [-0.3, -0.25) is 0 Å². The van der Waals surface area contributed by atoms with Crippen molar-refractivity contribution in [1.29, 1.82) is 0 Å². The maximum Gasteiger partial charge on any atom is 0.191 e. The van der Waals surface area contributed by atoms with E-state index in [0.29, 0.717) is 13.1 Å². The van der Waals surface area contributed by atoms with Crippen LogP contribution in [0.5, 0.6) is 5.75 Å². The van der Waals surface area contributed by atoms with Crippen molar-refractivity contribution >= 4 is 41.7 Å². The van der Waals surface area contributed by atoms with Gasteiger partial charge in [-0.15, -0.1) is 34.2 Å². The topological polar surface area (TPSA) is 76.4 Å². The highest BCUT2D eigenvalue weighted by Gasteiger charge is 2.09. The SMILES string of the molecule is CSCCCNC(=NCc1nnc(C)n1C)NCC(C)Oc1ccccc1C.I. The Labute approximate surface area is 195 Å². The van der Waals surface area contributed by atoms with Crippen LogP contribution < -0.4 is 15.4 Å². The minimum atomic E-state index is 0. The number of hydrogen-bond donors (Lipinski definition) is 2. The van der Waals surface area contributed by atoms with E-state index in [4.69, 9.17) is 4.74 Å². The molecule has 162 valence electrons. The summed E-state index contributed by atoms with van der Waals surface area (Å²) in [7, 11) is 1.96. The largest absolute Gasteiger partial charge is 0.489 e. The number of benzene rings is 1. The predicted molar refractivity (Wildman–Crippen MR) is 133 cm³/mol. The standard InChI is InChI=1S/C20H32N6OS.HI/c1-15-9-6-7-10-18(15)27-16(2)13-22-20(21-11-8-12-28-5)23-14-19-25-24-17(3)26(19)4;/h6-7,9-10,16H,8,11-14H2,1-5H3,(H2,21,22,23);1H. The Kier molecular flexibility index (Phi) is 12.1. The second-order valence-electron chi connectivity index (χ2n) is 6.74. The Balaban J connectivity index is 0.00000420. The lowest BCUT2D eigenvalue weighted by Crippen LogP contribution is -2.42. The zero-order chi connectivity index (χ0) is 20.4. The molecule has 0 aliphatic rings. The van der Waals surface area contributed by atoms with E-state index >= 15 is 0 Å². The maximum atomic E-state index is 6.05. The molecule has 2 rings (SSSR count). The second-order valence-corrected chi connectivity index (χ2v) is 7.72. The molecule has 0 aliphatic carbocycles. The van der Waals surface area contributed by atoms with Crippen LogP contribution >= 0.6 is 35.7 Å². The highest BCUT2D eigenvalue weighted by atomic mass is 127. The number of guanidine groups is 1. The van der Waals surface area contributed by atoms with E-state index in [1.165, 1.54) is 0 Å². The molecule has 0 saturated carbocycles. The first-order valence-electron chi connectivity index (χ1n) is 9.59. The average molecular weight is 532 g/mol. The summed E-state index contributed by atoms with van der Waals surface area (Å²) < 4.78 is 8.01. The smallest absolute Gasteiger partial charge is 0.191 e. The molecule has 7 nitrogen and oxygen atoms in total. The van der Waals surface area contributed by atoms with Crippen LogP contribution in [0.25, 0.3) is 0 Å². The van der Waals surface area contributed by atoms with Gasteiger partial charge in [-0.05, 0) is 50.8 Å². The number of nitrogens with one attached hydrogen (secondary N) is 2. The second kappa shape index (κ2) is 13.7. The molecule has 0 amide bonds. The Morgan fingerprint density at radius 3 is 2.66 bits per heavy atom. The fourth-order valence-electron chi connectivity index (χ4n) is 2.52. The van der Waals surface area contributed by atoms with Gasteiger partial charge in [-0.1, -0.05) is 18.2 Å². The molecule has 1 unspecified atom stereocenters. The fourth-order valence-corrected chi connectivity index (χ4v) is 2.96. The van der Waals surface area contributed by atoms with Gasteiger partial charge in [0.05, 0.1) is 6.54 Å². The van der Waals surface area contributed by atoms with E-state index in [2.05, 4.69) is 52.0 Å². The lowest BCUT2D eigenvalue weighted by Gasteiger charge is -2.19. The van der Waals surface area contributed by atoms with Gasteiger partial charge in [-0.25, -0.2) is 4.99 Å². The number of rotatable bonds is 10. The third-order valence-electron chi connectivity index (χ3n) is 4.36. The number of halogens is 1.